The zero-order valence-corrected chi connectivity index (χ0v) is 20.1. The van der Waals surface area contributed by atoms with Gasteiger partial charge in [-0.1, -0.05) is 47.1 Å². The number of benzene rings is 2. The van der Waals surface area contributed by atoms with Gasteiger partial charge in [0.1, 0.15) is 11.4 Å². The zero-order valence-electron chi connectivity index (χ0n) is 20.1. The van der Waals surface area contributed by atoms with E-state index in [4.69, 9.17) is 9.26 Å². The maximum atomic E-state index is 13.3. The van der Waals surface area contributed by atoms with Crippen LogP contribution in [0.1, 0.15) is 56.2 Å². The van der Waals surface area contributed by atoms with Gasteiger partial charge in [0.05, 0.1) is 18.5 Å². The van der Waals surface area contributed by atoms with E-state index in [1.165, 1.54) is 0 Å². The molecule has 178 valence electrons. The van der Waals surface area contributed by atoms with Gasteiger partial charge < -0.3 is 14.6 Å². The van der Waals surface area contributed by atoms with Crippen LogP contribution >= 0.6 is 0 Å². The molecule has 0 saturated carbocycles. The lowest BCUT2D eigenvalue weighted by molar-refractivity contribution is -0.128. The topological polar surface area (TPSA) is 80.5 Å². The van der Waals surface area contributed by atoms with Crippen molar-refractivity contribution >= 4 is 5.91 Å². The average molecular weight is 461 g/mol. The van der Waals surface area contributed by atoms with Crippen molar-refractivity contribution in [1.82, 2.24) is 20.4 Å². The number of amides is 1. The van der Waals surface area contributed by atoms with Crippen molar-refractivity contribution in [2.75, 3.05) is 13.1 Å². The lowest BCUT2D eigenvalue weighted by atomic mass is 9.88. The van der Waals surface area contributed by atoms with Crippen LogP contribution in [-0.2, 0) is 11.3 Å². The van der Waals surface area contributed by atoms with E-state index in [9.17, 15) is 4.79 Å². The molecule has 34 heavy (non-hydrogen) atoms. The first-order valence-corrected chi connectivity index (χ1v) is 12.1. The highest BCUT2D eigenvalue weighted by Gasteiger charge is 2.36. The van der Waals surface area contributed by atoms with Gasteiger partial charge in [0.15, 0.2) is 0 Å². The van der Waals surface area contributed by atoms with E-state index >= 15 is 0 Å². The van der Waals surface area contributed by atoms with E-state index in [1.807, 2.05) is 55.5 Å². The van der Waals surface area contributed by atoms with E-state index in [0.29, 0.717) is 24.8 Å². The number of nitrogens with one attached hydrogen (secondary N) is 1. The molecular formula is C27H32N4O3. The third-order valence-electron chi connectivity index (χ3n) is 6.67. The number of likely N-dealkylation sites (tertiary alicyclic amines) is 1. The SMILES string of the molecule is Cc1cccc(-c2noc(CN3CCCC(C(=O)NC4CC(C)(C)Oc5ccccc54)C3)n2)c1. The fourth-order valence-electron chi connectivity index (χ4n) is 5.05. The number of aromatic nitrogens is 2. The summed E-state index contributed by atoms with van der Waals surface area (Å²) < 4.78 is 11.6. The molecule has 7 nitrogen and oxygen atoms in total. The number of para-hydroxylation sites is 1. The highest BCUT2D eigenvalue weighted by molar-refractivity contribution is 5.79. The van der Waals surface area contributed by atoms with Crippen LogP contribution in [0.5, 0.6) is 5.75 Å². The summed E-state index contributed by atoms with van der Waals surface area (Å²) in [5.41, 5.74) is 2.84. The monoisotopic (exact) mass is 460 g/mol. The smallest absolute Gasteiger partial charge is 0.241 e. The summed E-state index contributed by atoms with van der Waals surface area (Å²) in [6.07, 6.45) is 2.59. The summed E-state index contributed by atoms with van der Waals surface area (Å²) >= 11 is 0. The lowest BCUT2D eigenvalue weighted by Gasteiger charge is -2.39. The third kappa shape index (κ3) is 4.99. The van der Waals surface area contributed by atoms with Crippen molar-refractivity contribution in [2.45, 2.75) is 58.2 Å². The highest BCUT2D eigenvalue weighted by atomic mass is 16.5. The molecule has 1 fully saturated rings. The molecular weight excluding hydrogens is 428 g/mol. The Morgan fingerprint density at radius 1 is 1.21 bits per heavy atom. The van der Waals surface area contributed by atoms with Crippen LogP contribution in [0.25, 0.3) is 11.4 Å². The number of piperidine rings is 1. The number of hydrogen-bond donors (Lipinski definition) is 1. The molecule has 2 aliphatic heterocycles. The van der Waals surface area contributed by atoms with Crippen molar-refractivity contribution in [3.63, 3.8) is 0 Å². The minimum atomic E-state index is -0.322. The maximum Gasteiger partial charge on any atom is 0.241 e. The van der Waals surface area contributed by atoms with E-state index < -0.39 is 0 Å². The second kappa shape index (κ2) is 9.22. The van der Waals surface area contributed by atoms with Crippen LogP contribution in [-0.4, -0.2) is 39.6 Å². The van der Waals surface area contributed by atoms with Crippen molar-refractivity contribution < 1.29 is 14.1 Å². The third-order valence-corrected chi connectivity index (χ3v) is 6.67. The van der Waals surface area contributed by atoms with Gasteiger partial charge in [-0.3, -0.25) is 9.69 Å². The number of fused-ring (bicyclic) bond motifs is 1. The largest absolute Gasteiger partial charge is 0.487 e. The Kier molecular flexibility index (Phi) is 6.13. The number of carbonyl (C=O) groups is 1. The normalized spacial score (nSPS) is 22.0. The fraction of sp³-hybridized carbons (Fsp3) is 0.444. The predicted octanol–water partition coefficient (Wildman–Crippen LogP) is 4.68. The highest BCUT2D eigenvalue weighted by Crippen LogP contribution is 2.39. The Morgan fingerprint density at radius 2 is 2.06 bits per heavy atom. The molecule has 2 unspecified atom stereocenters. The van der Waals surface area contributed by atoms with Gasteiger partial charge >= 0.3 is 0 Å². The van der Waals surface area contributed by atoms with Gasteiger partial charge in [-0.2, -0.15) is 4.98 Å². The van der Waals surface area contributed by atoms with Crippen LogP contribution in [0.3, 0.4) is 0 Å². The van der Waals surface area contributed by atoms with Crippen LogP contribution in [0, 0.1) is 12.8 Å². The molecule has 5 rings (SSSR count). The first kappa shape index (κ1) is 22.6. The predicted molar refractivity (Wildman–Crippen MR) is 129 cm³/mol. The Balaban J connectivity index is 1.22. The summed E-state index contributed by atoms with van der Waals surface area (Å²) in [6.45, 7) is 8.33. The number of carbonyl (C=O) groups excluding carboxylic acids is 1. The number of rotatable bonds is 5. The van der Waals surface area contributed by atoms with E-state index in [0.717, 1.165) is 48.2 Å². The molecule has 2 aliphatic rings. The number of nitrogens with zero attached hydrogens (tertiary/aromatic N) is 3. The molecule has 2 aromatic carbocycles. The summed E-state index contributed by atoms with van der Waals surface area (Å²) in [4.78, 5) is 20.1. The summed E-state index contributed by atoms with van der Waals surface area (Å²) in [5, 5.41) is 7.47. The standard InChI is InChI=1S/C27H32N4O3/c1-18-8-6-9-19(14-18)25-29-24(34-30-25)17-31-13-7-10-20(16-31)26(32)28-22-15-27(2,3)33-23-12-5-4-11-21(22)23/h4-6,8-9,11-12,14,20,22H,7,10,13,15-17H2,1-3H3,(H,28,32). The molecule has 2 atom stereocenters. The molecule has 1 saturated heterocycles. The van der Waals surface area contributed by atoms with Crippen molar-refractivity contribution in [3.05, 3.63) is 65.5 Å². The molecule has 1 aromatic heterocycles. The lowest BCUT2D eigenvalue weighted by Crippen LogP contribution is -2.46. The van der Waals surface area contributed by atoms with Gasteiger partial charge in [-0.25, -0.2) is 0 Å². The molecule has 0 bridgehead atoms. The number of ether oxygens (including phenoxy) is 1. The van der Waals surface area contributed by atoms with Crippen LogP contribution in [0.2, 0.25) is 0 Å². The molecule has 0 spiro atoms. The second-order valence-electron chi connectivity index (χ2n) is 10.1. The molecule has 1 N–H and O–H groups in total. The number of aryl methyl sites for hydroxylation is 1. The molecule has 3 heterocycles. The fourth-order valence-corrected chi connectivity index (χ4v) is 5.05. The molecule has 0 radical (unpaired) electrons. The summed E-state index contributed by atoms with van der Waals surface area (Å²) in [5.74, 6) is 2.08. The minimum absolute atomic E-state index is 0.0457. The molecule has 0 aliphatic carbocycles. The van der Waals surface area contributed by atoms with E-state index in [1.54, 1.807) is 0 Å². The number of hydrogen-bond acceptors (Lipinski definition) is 6. The van der Waals surface area contributed by atoms with E-state index in [-0.39, 0.29) is 23.5 Å². The minimum Gasteiger partial charge on any atom is -0.487 e. The van der Waals surface area contributed by atoms with Gasteiger partial charge in [0.25, 0.3) is 0 Å². The van der Waals surface area contributed by atoms with Gasteiger partial charge in [0.2, 0.25) is 17.6 Å². The average Bonchev–Trinajstić information content (AvgIpc) is 3.27. The van der Waals surface area contributed by atoms with Crippen molar-refractivity contribution in [2.24, 2.45) is 5.92 Å². The van der Waals surface area contributed by atoms with Crippen LogP contribution < -0.4 is 10.1 Å². The second-order valence-corrected chi connectivity index (χ2v) is 10.1. The van der Waals surface area contributed by atoms with Crippen LogP contribution in [0.15, 0.2) is 53.1 Å². The van der Waals surface area contributed by atoms with Crippen molar-refractivity contribution in [1.29, 1.82) is 0 Å². The Labute approximate surface area is 200 Å². The summed E-state index contributed by atoms with van der Waals surface area (Å²) in [7, 11) is 0. The first-order valence-electron chi connectivity index (χ1n) is 12.1. The molecule has 3 aromatic rings. The Hall–Kier alpha value is -3.19. The van der Waals surface area contributed by atoms with Gasteiger partial charge in [-0.15, -0.1) is 0 Å². The first-order chi connectivity index (χ1) is 16.4. The van der Waals surface area contributed by atoms with Gasteiger partial charge in [0, 0.05) is 24.1 Å². The molecule has 7 heteroatoms. The zero-order chi connectivity index (χ0) is 23.7. The van der Waals surface area contributed by atoms with Gasteiger partial charge in [-0.05, 0) is 52.3 Å². The van der Waals surface area contributed by atoms with Crippen molar-refractivity contribution in [3.8, 4) is 17.1 Å². The maximum absolute atomic E-state index is 13.3. The Morgan fingerprint density at radius 3 is 2.91 bits per heavy atom. The Bertz CT molecular complexity index is 1170. The van der Waals surface area contributed by atoms with E-state index in [2.05, 4.69) is 34.2 Å². The quantitative estimate of drug-likeness (QED) is 0.596. The van der Waals surface area contributed by atoms with Crippen LogP contribution in [0.4, 0.5) is 0 Å². The summed E-state index contributed by atoms with van der Waals surface area (Å²) in [6, 6.07) is 16.0. The molecule has 1 amide bonds.